The molecular weight excluding hydrogens is 154 g/mol. The highest BCUT2D eigenvalue weighted by atomic mass is 16.7. The van der Waals surface area contributed by atoms with Crippen LogP contribution < -0.4 is 0 Å². The van der Waals surface area contributed by atoms with Gasteiger partial charge in [0.2, 0.25) is 0 Å². The van der Waals surface area contributed by atoms with E-state index in [0.29, 0.717) is 0 Å². The van der Waals surface area contributed by atoms with Crippen LogP contribution in [0.3, 0.4) is 0 Å². The molecule has 0 saturated carbocycles. The lowest BCUT2D eigenvalue weighted by Crippen LogP contribution is -1.97. The van der Waals surface area contributed by atoms with Gasteiger partial charge in [-0.1, -0.05) is 24.9 Å². The van der Waals surface area contributed by atoms with Gasteiger partial charge in [0.25, 0.3) is 0 Å². The van der Waals surface area contributed by atoms with Crippen molar-refractivity contribution in [1.82, 2.24) is 0 Å². The van der Waals surface area contributed by atoms with Crippen molar-refractivity contribution in [3.05, 3.63) is 0 Å². The predicted molar refractivity (Wildman–Crippen MR) is 49.0 cm³/mol. The van der Waals surface area contributed by atoms with E-state index in [9.17, 15) is 4.79 Å². The number of rotatable bonds is 5. The van der Waals surface area contributed by atoms with Crippen LogP contribution in [0.15, 0.2) is 5.16 Å². The summed E-state index contributed by atoms with van der Waals surface area (Å²) in [7, 11) is 0. The molecule has 0 aliphatic heterocycles. The summed E-state index contributed by atoms with van der Waals surface area (Å²) in [4.78, 5) is 14.8. The fourth-order valence-electron chi connectivity index (χ4n) is 0.819. The average Bonchev–Trinajstić information content (AvgIpc) is 2.01. The van der Waals surface area contributed by atoms with Crippen molar-refractivity contribution in [3.63, 3.8) is 0 Å². The second-order valence-corrected chi connectivity index (χ2v) is 2.87. The molecule has 0 fully saturated rings. The van der Waals surface area contributed by atoms with E-state index < -0.39 is 0 Å². The number of carbonyl (C=O) groups excluding carboxylic acids is 1. The lowest BCUT2D eigenvalue weighted by atomic mass is 10.1. The van der Waals surface area contributed by atoms with E-state index in [1.54, 1.807) is 0 Å². The normalized spacial score (nSPS) is 11.4. The van der Waals surface area contributed by atoms with Crippen LogP contribution in [-0.4, -0.2) is 11.7 Å². The third kappa shape index (κ3) is 7.25. The third-order valence-corrected chi connectivity index (χ3v) is 1.47. The Morgan fingerprint density at radius 1 is 1.33 bits per heavy atom. The summed E-state index contributed by atoms with van der Waals surface area (Å²) in [6.07, 6.45) is 4.43. The number of oxime groups is 1. The molecule has 0 bridgehead atoms. The van der Waals surface area contributed by atoms with Crippen molar-refractivity contribution >= 4 is 11.7 Å². The molecule has 0 radical (unpaired) electrons. The van der Waals surface area contributed by atoms with Gasteiger partial charge in [0.1, 0.15) is 0 Å². The SMILES string of the molecule is CCCCC/C(C)=N/OC(C)=O. The summed E-state index contributed by atoms with van der Waals surface area (Å²) >= 11 is 0. The van der Waals surface area contributed by atoms with E-state index in [1.807, 2.05) is 6.92 Å². The largest absolute Gasteiger partial charge is 0.331 e. The molecule has 0 amide bonds. The van der Waals surface area contributed by atoms with Gasteiger partial charge in [0.05, 0.1) is 5.71 Å². The number of carbonyl (C=O) groups is 1. The number of hydrogen-bond donors (Lipinski definition) is 0. The molecule has 70 valence electrons. The topological polar surface area (TPSA) is 38.7 Å². The van der Waals surface area contributed by atoms with E-state index in [4.69, 9.17) is 0 Å². The van der Waals surface area contributed by atoms with Crippen LogP contribution in [0.2, 0.25) is 0 Å². The summed E-state index contributed by atoms with van der Waals surface area (Å²) in [5.74, 6) is -0.357. The molecule has 0 heterocycles. The zero-order chi connectivity index (χ0) is 9.40. The second-order valence-electron chi connectivity index (χ2n) is 2.87. The molecular formula is C9H17NO2. The van der Waals surface area contributed by atoms with Gasteiger partial charge < -0.3 is 4.84 Å². The monoisotopic (exact) mass is 171 g/mol. The van der Waals surface area contributed by atoms with Crippen LogP contribution in [-0.2, 0) is 9.63 Å². The highest BCUT2D eigenvalue weighted by molar-refractivity contribution is 5.82. The molecule has 3 nitrogen and oxygen atoms in total. The van der Waals surface area contributed by atoms with Crippen molar-refractivity contribution < 1.29 is 9.63 Å². The first-order valence-corrected chi connectivity index (χ1v) is 4.38. The lowest BCUT2D eigenvalue weighted by molar-refractivity contribution is -0.140. The Morgan fingerprint density at radius 2 is 2.00 bits per heavy atom. The van der Waals surface area contributed by atoms with E-state index in [-0.39, 0.29) is 5.97 Å². The second kappa shape index (κ2) is 6.83. The molecule has 0 saturated heterocycles. The zero-order valence-electron chi connectivity index (χ0n) is 8.09. The molecule has 0 aliphatic carbocycles. The van der Waals surface area contributed by atoms with Crippen LogP contribution in [0.1, 0.15) is 46.5 Å². The molecule has 0 atom stereocenters. The summed E-state index contributed by atoms with van der Waals surface area (Å²) in [5.41, 5.74) is 0.888. The van der Waals surface area contributed by atoms with Crippen molar-refractivity contribution in [3.8, 4) is 0 Å². The first kappa shape index (κ1) is 11.1. The molecule has 0 aromatic rings. The van der Waals surface area contributed by atoms with E-state index in [0.717, 1.165) is 18.6 Å². The van der Waals surface area contributed by atoms with Gasteiger partial charge in [-0.15, -0.1) is 0 Å². The Labute approximate surface area is 73.8 Å². The summed E-state index contributed by atoms with van der Waals surface area (Å²) in [5, 5.41) is 3.66. The molecule has 0 spiro atoms. The smallest absolute Gasteiger partial charge is 0.319 e. The molecule has 3 heteroatoms. The fraction of sp³-hybridized carbons (Fsp3) is 0.778. The Morgan fingerprint density at radius 3 is 2.50 bits per heavy atom. The van der Waals surface area contributed by atoms with Crippen LogP contribution in [0, 0.1) is 0 Å². The quantitative estimate of drug-likeness (QED) is 0.276. The molecule has 12 heavy (non-hydrogen) atoms. The minimum Gasteiger partial charge on any atom is -0.319 e. The van der Waals surface area contributed by atoms with Crippen LogP contribution in [0.5, 0.6) is 0 Å². The maximum atomic E-state index is 10.3. The molecule has 0 rings (SSSR count). The minimum atomic E-state index is -0.357. The minimum absolute atomic E-state index is 0.357. The summed E-state index contributed by atoms with van der Waals surface area (Å²) < 4.78 is 0. The maximum absolute atomic E-state index is 10.3. The van der Waals surface area contributed by atoms with Crippen molar-refractivity contribution in [2.75, 3.05) is 0 Å². The zero-order valence-corrected chi connectivity index (χ0v) is 8.09. The summed E-state index contributed by atoms with van der Waals surface area (Å²) in [6, 6.07) is 0. The van der Waals surface area contributed by atoms with E-state index in [1.165, 1.54) is 19.8 Å². The number of unbranched alkanes of at least 4 members (excludes halogenated alkanes) is 2. The fourth-order valence-corrected chi connectivity index (χ4v) is 0.819. The maximum Gasteiger partial charge on any atom is 0.331 e. The first-order chi connectivity index (χ1) is 5.66. The highest BCUT2D eigenvalue weighted by Gasteiger charge is 1.94. The van der Waals surface area contributed by atoms with Gasteiger partial charge in [-0.25, -0.2) is 4.79 Å². The number of nitrogens with zero attached hydrogens (tertiary/aromatic N) is 1. The van der Waals surface area contributed by atoms with Gasteiger partial charge >= 0.3 is 5.97 Å². The molecule has 0 aromatic carbocycles. The van der Waals surface area contributed by atoms with E-state index in [2.05, 4.69) is 16.9 Å². The molecule has 0 N–H and O–H groups in total. The van der Waals surface area contributed by atoms with Gasteiger partial charge in [-0.05, 0) is 19.8 Å². The van der Waals surface area contributed by atoms with Crippen molar-refractivity contribution in [1.29, 1.82) is 0 Å². The molecule has 0 unspecified atom stereocenters. The Balaban J connectivity index is 3.49. The van der Waals surface area contributed by atoms with Crippen LogP contribution in [0.25, 0.3) is 0 Å². The third-order valence-electron chi connectivity index (χ3n) is 1.47. The van der Waals surface area contributed by atoms with Crippen LogP contribution >= 0.6 is 0 Å². The van der Waals surface area contributed by atoms with Gasteiger partial charge in [-0.3, -0.25) is 0 Å². The summed E-state index contributed by atoms with van der Waals surface area (Å²) in [6.45, 7) is 5.37. The average molecular weight is 171 g/mol. The van der Waals surface area contributed by atoms with Gasteiger partial charge in [-0.2, -0.15) is 0 Å². The predicted octanol–water partition coefficient (Wildman–Crippen LogP) is 2.51. The number of hydrogen-bond acceptors (Lipinski definition) is 3. The Hall–Kier alpha value is -0.860. The molecule has 0 aromatic heterocycles. The van der Waals surface area contributed by atoms with Crippen LogP contribution in [0.4, 0.5) is 0 Å². The Bertz CT molecular complexity index is 164. The standard InChI is InChI=1S/C9H17NO2/c1-4-5-6-7-8(2)10-12-9(3)11/h4-7H2,1-3H3/b10-8+. The van der Waals surface area contributed by atoms with Crippen molar-refractivity contribution in [2.45, 2.75) is 46.5 Å². The van der Waals surface area contributed by atoms with Gasteiger partial charge in [0.15, 0.2) is 0 Å². The van der Waals surface area contributed by atoms with Crippen molar-refractivity contribution in [2.24, 2.45) is 5.16 Å². The van der Waals surface area contributed by atoms with Gasteiger partial charge in [0, 0.05) is 6.92 Å². The van der Waals surface area contributed by atoms with E-state index >= 15 is 0 Å². The highest BCUT2D eigenvalue weighted by Crippen LogP contribution is 2.00. The first-order valence-electron chi connectivity index (χ1n) is 4.38. The lowest BCUT2D eigenvalue weighted by Gasteiger charge is -1.97. The molecule has 0 aliphatic rings. The Kier molecular flexibility index (Phi) is 6.34.